The third-order valence-corrected chi connectivity index (χ3v) is 6.19. The summed E-state index contributed by atoms with van der Waals surface area (Å²) in [6.45, 7) is 3.49. The second kappa shape index (κ2) is 8.93. The van der Waals surface area contributed by atoms with Crippen LogP contribution in [0.2, 0.25) is 4.34 Å². The summed E-state index contributed by atoms with van der Waals surface area (Å²) < 4.78 is 5.35. The Morgan fingerprint density at radius 2 is 2.08 bits per heavy atom. The molecule has 2 rings (SSSR count). The highest BCUT2D eigenvalue weighted by Crippen LogP contribution is 2.30. The van der Waals surface area contributed by atoms with Gasteiger partial charge in [-0.2, -0.15) is 0 Å². The lowest BCUT2D eigenvalue weighted by atomic mass is 10.0. The molecular formula is C16H18ClNO5S2. The van der Waals surface area contributed by atoms with Crippen LogP contribution >= 0.6 is 34.7 Å². The number of rotatable bonds is 6. The van der Waals surface area contributed by atoms with Crippen LogP contribution in [0.1, 0.15) is 36.4 Å². The fraction of sp³-hybridized carbons (Fsp3) is 0.500. The van der Waals surface area contributed by atoms with Gasteiger partial charge in [0.1, 0.15) is 6.04 Å². The van der Waals surface area contributed by atoms with E-state index in [1.54, 1.807) is 12.1 Å². The van der Waals surface area contributed by atoms with Crippen molar-refractivity contribution in [1.29, 1.82) is 0 Å². The van der Waals surface area contributed by atoms with Gasteiger partial charge in [-0.05, 0) is 31.5 Å². The van der Waals surface area contributed by atoms with Gasteiger partial charge in [-0.3, -0.25) is 14.4 Å². The number of hydrogen-bond acceptors (Lipinski definition) is 8. The van der Waals surface area contributed by atoms with Crippen LogP contribution in [0, 0.1) is 5.92 Å². The summed E-state index contributed by atoms with van der Waals surface area (Å²) in [4.78, 5) is 48.8. The van der Waals surface area contributed by atoms with Gasteiger partial charge in [0.25, 0.3) is 0 Å². The molecule has 1 N–H and O–H groups in total. The van der Waals surface area contributed by atoms with Crippen molar-refractivity contribution in [3.63, 3.8) is 0 Å². The van der Waals surface area contributed by atoms with E-state index in [4.69, 9.17) is 16.3 Å². The van der Waals surface area contributed by atoms with Crippen LogP contribution < -0.4 is 5.32 Å². The Labute approximate surface area is 158 Å². The number of ether oxygens (including phenoxy) is 1. The molecule has 1 aliphatic heterocycles. The lowest BCUT2D eigenvalue weighted by molar-refractivity contribution is -0.163. The normalized spacial score (nSPS) is 19.2. The maximum Gasteiger partial charge on any atom is 0.330 e. The molecule has 136 valence electrons. The first-order valence-electron chi connectivity index (χ1n) is 7.75. The zero-order valence-corrected chi connectivity index (χ0v) is 16.1. The topological polar surface area (TPSA) is 89.5 Å². The molecule has 0 radical (unpaired) electrons. The molecule has 0 saturated carbocycles. The largest absolute Gasteiger partial charge is 0.392 e. The van der Waals surface area contributed by atoms with Crippen molar-refractivity contribution in [2.24, 2.45) is 5.92 Å². The van der Waals surface area contributed by atoms with Crippen LogP contribution in [0.25, 0.3) is 0 Å². The lowest BCUT2D eigenvalue weighted by Gasteiger charge is -2.19. The summed E-state index contributed by atoms with van der Waals surface area (Å²) in [6.07, 6.45) is 1.45. The Morgan fingerprint density at radius 3 is 2.60 bits per heavy atom. The van der Waals surface area contributed by atoms with Crippen molar-refractivity contribution in [2.45, 2.75) is 38.0 Å². The van der Waals surface area contributed by atoms with Crippen LogP contribution in [0.3, 0.4) is 0 Å². The lowest BCUT2D eigenvalue weighted by Crippen LogP contribution is -2.38. The van der Waals surface area contributed by atoms with Crippen molar-refractivity contribution in [2.75, 3.05) is 6.54 Å². The minimum absolute atomic E-state index is 0.301. The number of carbonyl (C=O) groups is 4. The standard InChI is InChI=1S/C16H18ClNO5S2/c1-8(15(21)23-16(22)10-4-3-7-18-10)14(24-9(2)19)13(20)11-5-6-12(17)25-11/h5-6,8,10,14,18H,3-4,7H2,1-2H3/t8?,10-,14?/m0/s1. The average molecular weight is 404 g/mol. The smallest absolute Gasteiger partial charge is 0.330 e. The van der Waals surface area contributed by atoms with Gasteiger partial charge in [0.15, 0.2) is 10.9 Å². The van der Waals surface area contributed by atoms with Crippen LogP contribution in [-0.4, -0.2) is 40.7 Å². The molecule has 1 aromatic rings. The second-order valence-corrected chi connectivity index (χ2v) is 8.71. The van der Waals surface area contributed by atoms with E-state index in [1.165, 1.54) is 13.8 Å². The Morgan fingerprint density at radius 1 is 1.36 bits per heavy atom. The Bertz CT molecular complexity index is 684. The fourth-order valence-corrected chi connectivity index (χ4v) is 4.42. The quantitative estimate of drug-likeness (QED) is 0.443. The predicted octanol–water partition coefficient (Wildman–Crippen LogP) is 2.69. The Balaban J connectivity index is 2.09. The van der Waals surface area contributed by atoms with Gasteiger partial charge >= 0.3 is 11.9 Å². The van der Waals surface area contributed by atoms with Gasteiger partial charge < -0.3 is 10.1 Å². The fourth-order valence-electron chi connectivity index (χ4n) is 2.42. The number of ketones is 1. The molecule has 1 fully saturated rings. The van der Waals surface area contributed by atoms with Crippen molar-refractivity contribution in [1.82, 2.24) is 5.32 Å². The summed E-state index contributed by atoms with van der Waals surface area (Å²) in [5.41, 5.74) is 0. The van der Waals surface area contributed by atoms with E-state index in [-0.39, 0.29) is 10.9 Å². The molecule has 2 heterocycles. The van der Waals surface area contributed by atoms with E-state index in [1.807, 2.05) is 0 Å². The molecule has 1 aliphatic rings. The van der Waals surface area contributed by atoms with Crippen molar-refractivity contribution >= 4 is 57.5 Å². The van der Waals surface area contributed by atoms with E-state index >= 15 is 0 Å². The first kappa shape index (κ1) is 20.1. The van der Waals surface area contributed by atoms with E-state index in [2.05, 4.69) is 5.32 Å². The third kappa shape index (κ3) is 5.37. The number of halogens is 1. The van der Waals surface area contributed by atoms with Gasteiger partial charge in [-0.25, -0.2) is 4.79 Å². The van der Waals surface area contributed by atoms with E-state index in [9.17, 15) is 19.2 Å². The molecule has 0 bridgehead atoms. The first-order valence-corrected chi connectivity index (χ1v) is 9.82. The van der Waals surface area contributed by atoms with Gasteiger partial charge in [-0.1, -0.05) is 30.3 Å². The molecule has 0 spiro atoms. The third-order valence-electron chi connectivity index (χ3n) is 3.74. The molecule has 1 aromatic heterocycles. The molecule has 1 saturated heterocycles. The van der Waals surface area contributed by atoms with Crippen LogP contribution in [0.5, 0.6) is 0 Å². The van der Waals surface area contributed by atoms with E-state index in [0.717, 1.165) is 29.5 Å². The predicted molar refractivity (Wildman–Crippen MR) is 97.0 cm³/mol. The maximum atomic E-state index is 12.7. The van der Waals surface area contributed by atoms with Crippen molar-refractivity contribution in [3.8, 4) is 0 Å². The van der Waals surface area contributed by atoms with Gasteiger partial charge in [0.2, 0.25) is 0 Å². The monoisotopic (exact) mass is 403 g/mol. The maximum absolute atomic E-state index is 12.7. The number of nitrogens with one attached hydrogen (secondary N) is 1. The SMILES string of the molecule is CC(=O)SC(C(=O)c1ccc(Cl)s1)C(C)C(=O)OC(=O)[C@@H]1CCCN1. The number of Topliss-reactive ketones (excluding diaryl/α,β-unsaturated/α-hetero) is 1. The zero-order valence-electron chi connectivity index (χ0n) is 13.7. The second-order valence-electron chi connectivity index (χ2n) is 5.68. The summed E-state index contributed by atoms with van der Waals surface area (Å²) in [5, 5.41) is 1.68. The van der Waals surface area contributed by atoms with Gasteiger partial charge in [0.05, 0.1) is 20.4 Å². The van der Waals surface area contributed by atoms with Gasteiger partial charge in [0, 0.05) is 6.92 Å². The summed E-state index contributed by atoms with van der Waals surface area (Å²) >= 11 is 7.68. The minimum atomic E-state index is -0.968. The molecule has 0 amide bonds. The Hall–Kier alpha value is -1.22. The van der Waals surface area contributed by atoms with Crippen LogP contribution in [0.4, 0.5) is 0 Å². The summed E-state index contributed by atoms with van der Waals surface area (Å²) in [7, 11) is 0. The molecule has 0 aliphatic carbocycles. The first-order chi connectivity index (χ1) is 11.8. The molecular weight excluding hydrogens is 386 g/mol. The molecule has 9 heteroatoms. The molecule has 6 nitrogen and oxygen atoms in total. The summed E-state index contributed by atoms with van der Waals surface area (Å²) in [6, 6.07) is 2.63. The number of carbonyl (C=O) groups excluding carboxylic acids is 4. The Kier molecular flexibility index (Phi) is 7.18. The van der Waals surface area contributed by atoms with Crippen LogP contribution in [0.15, 0.2) is 12.1 Å². The van der Waals surface area contributed by atoms with E-state index < -0.39 is 29.1 Å². The number of esters is 2. The highest BCUT2D eigenvalue weighted by atomic mass is 35.5. The van der Waals surface area contributed by atoms with E-state index in [0.29, 0.717) is 22.2 Å². The minimum Gasteiger partial charge on any atom is -0.392 e. The zero-order chi connectivity index (χ0) is 18.6. The van der Waals surface area contributed by atoms with Crippen molar-refractivity contribution in [3.05, 3.63) is 21.3 Å². The number of thiophene rings is 1. The summed E-state index contributed by atoms with van der Waals surface area (Å²) in [5.74, 6) is -2.79. The number of thioether (sulfide) groups is 1. The highest BCUT2D eigenvalue weighted by molar-refractivity contribution is 8.14. The van der Waals surface area contributed by atoms with Gasteiger partial charge in [-0.15, -0.1) is 11.3 Å². The molecule has 25 heavy (non-hydrogen) atoms. The molecule has 3 atom stereocenters. The van der Waals surface area contributed by atoms with Crippen LogP contribution in [-0.2, 0) is 19.1 Å². The molecule has 2 unspecified atom stereocenters. The highest BCUT2D eigenvalue weighted by Gasteiger charge is 2.36. The average Bonchev–Trinajstić information content (AvgIpc) is 3.22. The number of hydrogen-bond donors (Lipinski definition) is 1. The molecule has 0 aromatic carbocycles. The van der Waals surface area contributed by atoms with Crippen molar-refractivity contribution < 1.29 is 23.9 Å².